The number of nitrogens with one attached hydrogen (secondary N) is 1. The molecule has 0 unspecified atom stereocenters. The molecule has 0 fully saturated rings. The van der Waals surface area contributed by atoms with Crippen LogP contribution in [0.4, 0.5) is 5.69 Å². The summed E-state index contributed by atoms with van der Waals surface area (Å²) < 4.78 is 29.8. The van der Waals surface area contributed by atoms with Gasteiger partial charge in [-0.15, -0.1) is 0 Å². The van der Waals surface area contributed by atoms with Gasteiger partial charge in [0.25, 0.3) is 0 Å². The van der Waals surface area contributed by atoms with E-state index in [1.54, 1.807) is 36.3 Å². The van der Waals surface area contributed by atoms with Crippen molar-refractivity contribution in [2.75, 3.05) is 5.73 Å². The number of anilines is 1. The molecule has 0 aliphatic carbocycles. The van der Waals surface area contributed by atoms with Crippen molar-refractivity contribution in [3.63, 3.8) is 0 Å². The van der Waals surface area contributed by atoms with Gasteiger partial charge in [-0.25, -0.2) is 13.1 Å². The van der Waals surface area contributed by atoms with E-state index >= 15 is 0 Å². The second kappa shape index (κ2) is 5.84. The first-order chi connectivity index (χ1) is 9.29. The fourth-order valence-electron chi connectivity index (χ4n) is 1.68. The highest BCUT2D eigenvalue weighted by Gasteiger charge is 2.21. The maximum atomic E-state index is 12.3. The molecule has 0 spiro atoms. The largest absolute Gasteiger partial charge is 0.398 e. The van der Waals surface area contributed by atoms with Crippen LogP contribution in [0.3, 0.4) is 0 Å². The number of hydrogen-bond donors (Lipinski definition) is 2. The van der Waals surface area contributed by atoms with E-state index in [1.165, 1.54) is 0 Å². The van der Waals surface area contributed by atoms with E-state index in [0.29, 0.717) is 8.95 Å². The molecule has 1 aromatic carbocycles. The van der Waals surface area contributed by atoms with Crippen LogP contribution in [-0.2, 0) is 23.6 Å². The highest BCUT2D eigenvalue weighted by atomic mass is 79.9. The molecule has 20 heavy (non-hydrogen) atoms. The molecule has 0 saturated carbocycles. The maximum Gasteiger partial charge on any atom is 0.244 e. The monoisotopic (exact) mass is 422 g/mol. The third-order valence-electron chi connectivity index (χ3n) is 2.53. The van der Waals surface area contributed by atoms with E-state index in [0.717, 1.165) is 5.56 Å². The van der Waals surface area contributed by atoms with E-state index < -0.39 is 10.0 Å². The van der Waals surface area contributed by atoms with Crippen molar-refractivity contribution in [3.8, 4) is 0 Å². The zero-order valence-electron chi connectivity index (χ0n) is 10.5. The highest BCUT2D eigenvalue weighted by molar-refractivity contribution is 9.11. The van der Waals surface area contributed by atoms with Gasteiger partial charge in [-0.2, -0.15) is 5.10 Å². The summed E-state index contributed by atoms with van der Waals surface area (Å²) in [6, 6.07) is 3.18. The van der Waals surface area contributed by atoms with Gasteiger partial charge in [0.1, 0.15) is 4.90 Å². The van der Waals surface area contributed by atoms with E-state index in [2.05, 4.69) is 41.7 Å². The normalized spacial score (nSPS) is 11.8. The highest BCUT2D eigenvalue weighted by Crippen LogP contribution is 2.31. The number of hydrogen-bond acceptors (Lipinski definition) is 4. The molecule has 0 aliphatic heterocycles. The molecule has 2 rings (SSSR count). The molecule has 1 aromatic heterocycles. The third-order valence-corrected chi connectivity index (χ3v) is 5.39. The first kappa shape index (κ1) is 15.5. The predicted molar refractivity (Wildman–Crippen MR) is 83.5 cm³/mol. The Balaban J connectivity index is 2.27. The lowest BCUT2D eigenvalue weighted by atomic mass is 10.3. The Morgan fingerprint density at radius 3 is 2.65 bits per heavy atom. The average Bonchev–Trinajstić information content (AvgIpc) is 2.71. The quantitative estimate of drug-likeness (QED) is 0.736. The number of benzene rings is 1. The molecule has 0 amide bonds. The Morgan fingerprint density at radius 1 is 1.40 bits per heavy atom. The van der Waals surface area contributed by atoms with Crippen LogP contribution in [-0.4, -0.2) is 18.2 Å². The SMILES string of the molecule is Cn1cc(CNS(=O)(=O)c2c(N)cc(Br)cc2Br)cn1. The molecule has 0 atom stereocenters. The number of nitrogens with two attached hydrogens (primary N) is 1. The van der Waals surface area contributed by atoms with Gasteiger partial charge in [0.15, 0.2) is 0 Å². The van der Waals surface area contributed by atoms with Gasteiger partial charge in [0, 0.05) is 34.3 Å². The summed E-state index contributed by atoms with van der Waals surface area (Å²) in [4.78, 5) is 0.0320. The van der Waals surface area contributed by atoms with Gasteiger partial charge in [0.2, 0.25) is 10.0 Å². The predicted octanol–water partition coefficient (Wildman–Crippen LogP) is 2.01. The molecule has 0 radical (unpaired) electrons. The third kappa shape index (κ3) is 3.40. The molecule has 0 bridgehead atoms. The lowest BCUT2D eigenvalue weighted by molar-refractivity contribution is 0.581. The van der Waals surface area contributed by atoms with Gasteiger partial charge >= 0.3 is 0 Å². The summed E-state index contributed by atoms with van der Waals surface area (Å²) in [6.45, 7) is 0.151. The Kier molecular flexibility index (Phi) is 4.52. The number of sulfonamides is 1. The number of aryl methyl sites for hydroxylation is 1. The fraction of sp³-hybridized carbons (Fsp3) is 0.182. The van der Waals surface area contributed by atoms with Crippen molar-refractivity contribution in [1.82, 2.24) is 14.5 Å². The number of halogens is 2. The Labute approximate surface area is 133 Å². The summed E-state index contributed by atoms with van der Waals surface area (Å²) >= 11 is 6.47. The first-order valence-electron chi connectivity index (χ1n) is 5.51. The van der Waals surface area contributed by atoms with Crippen LogP contribution < -0.4 is 10.5 Å². The lowest BCUT2D eigenvalue weighted by Gasteiger charge is -2.11. The van der Waals surface area contributed by atoms with E-state index in [1.807, 2.05) is 0 Å². The minimum atomic E-state index is -3.71. The van der Waals surface area contributed by atoms with Gasteiger partial charge < -0.3 is 5.73 Å². The molecule has 108 valence electrons. The molecule has 2 aromatic rings. The molecule has 0 saturated heterocycles. The van der Waals surface area contributed by atoms with Crippen molar-refractivity contribution in [3.05, 3.63) is 39.0 Å². The Morgan fingerprint density at radius 2 is 2.10 bits per heavy atom. The van der Waals surface area contributed by atoms with Crippen LogP contribution in [0.5, 0.6) is 0 Å². The zero-order valence-corrected chi connectivity index (χ0v) is 14.5. The number of rotatable bonds is 4. The summed E-state index contributed by atoms with van der Waals surface area (Å²) in [5.41, 5.74) is 6.72. The van der Waals surface area contributed by atoms with Gasteiger partial charge in [-0.1, -0.05) is 15.9 Å². The number of aromatic nitrogens is 2. The lowest BCUT2D eigenvalue weighted by Crippen LogP contribution is -2.24. The van der Waals surface area contributed by atoms with Crippen molar-refractivity contribution >= 4 is 47.6 Å². The number of nitrogens with zero attached hydrogens (tertiary/aromatic N) is 2. The minimum Gasteiger partial charge on any atom is -0.398 e. The number of nitrogen functional groups attached to an aromatic ring is 1. The van der Waals surface area contributed by atoms with E-state index in [9.17, 15) is 8.42 Å². The van der Waals surface area contributed by atoms with Gasteiger partial charge in [-0.3, -0.25) is 4.68 Å². The summed E-state index contributed by atoms with van der Waals surface area (Å²) in [6.07, 6.45) is 3.34. The summed E-state index contributed by atoms with van der Waals surface area (Å²) in [5.74, 6) is 0. The van der Waals surface area contributed by atoms with Crippen LogP contribution in [0.25, 0.3) is 0 Å². The van der Waals surface area contributed by atoms with E-state index in [-0.39, 0.29) is 17.1 Å². The topological polar surface area (TPSA) is 90.0 Å². The second-order valence-electron chi connectivity index (χ2n) is 4.15. The Hall–Kier alpha value is -0.900. The first-order valence-corrected chi connectivity index (χ1v) is 8.58. The average molecular weight is 424 g/mol. The molecule has 0 aliphatic rings. The van der Waals surface area contributed by atoms with Gasteiger partial charge in [0.05, 0.1) is 11.9 Å². The zero-order chi connectivity index (χ0) is 14.9. The molecule has 9 heteroatoms. The molecule has 3 N–H and O–H groups in total. The summed E-state index contributed by atoms with van der Waals surface area (Å²) in [7, 11) is -1.94. The Bertz CT molecular complexity index is 720. The van der Waals surface area contributed by atoms with Crippen LogP contribution in [0.1, 0.15) is 5.56 Å². The standard InChI is InChI=1S/C11H12Br2N4O2S/c1-17-6-7(4-15-17)5-16-20(18,19)11-9(13)2-8(12)3-10(11)14/h2-4,6,16H,5,14H2,1H3. The smallest absolute Gasteiger partial charge is 0.244 e. The van der Waals surface area contributed by atoms with Crippen LogP contribution in [0, 0.1) is 0 Å². The van der Waals surface area contributed by atoms with Crippen molar-refractivity contribution in [1.29, 1.82) is 0 Å². The van der Waals surface area contributed by atoms with Gasteiger partial charge in [-0.05, 0) is 28.1 Å². The molecule has 1 heterocycles. The second-order valence-corrected chi connectivity index (χ2v) is 7.63. The molecule has 6 nitrogen and oxygen atoms in total. The van der Waals surface area contributed by atoms with Crippen molar-refractivity contribution in [2.45, 2.75) is 11.4 Å². The minimum absolute atomic E-state index is 0.0320. The fourth-order valence-corrected chi connectivity index (χ4v) is 4.76. The van der Waals surface area contributed by atoms with Crippen LogP contribution in [0.2, 0.25) is 0 Å². The molecular weight excluding hydrogens is 412 g/mol. The van der Waals surface area contributed by atoms with Crippen molar-refractivity contribution in [2.24, 2.45) is 7.05 Å². The van der Waals surface area contributed by atoms with E-state index in [4.69, 9.17) is 5.73 Å². The molecular formula is C11H12Br2N4O2S. The van der Waals surface area contributed by atoms with Crippen LogP contribution >= 0.6 is 31.9 Å². The van der Waals surface area contributed by atoms with Crippen LogP contribution in [0.15, 0.2) is 38.4 Å². The van der Waals surface area contributed by atoms with Crippen molar-refractivity contribution < 1.29 is 8.42 Å². The summed E-state index contributed by atoms with van der Waals surface area (Å²) in [5, 5.41) is 3.98. The maximum absolute atomic E-state index is 12.3.